The summed E-state index contributed by atoms with van der Waals surface area (Å²) in [6.07, 6.45) is 4.76. The Kier molecular flexibility index (Phi) is 4.54. The molecule has 1 N–H and O–H groups in total. The maximum absolute atomic E-state index is 3.73. The van der Waals surface area contributed by atoms with Gasteiger partial charge in [-0.25, -0.2) is 0 Å². The second-order valence-corrected chi connectivity index (χ2v) is 5.71. The minimum absolute atomic E-state index is 0.799. The van der Waals surface area contributed by atoms with Crippen molar-refractivity contribution in [2.45, 2.75) is 18.9 Å². The standard InChI is InChI=1S/C12H22N2S/c1-2-8-15-9-5-13-12-4-7-14-6-3-11(12)10-14/h2,11-13H,1,3-10H2. The van der Waals surface area contributed by atoms with Crippen LogP contribution in [-0.2, 0) is 0 Å². The summed E-state index contributed by atoms with van der Waals surface area (Å²) in [5, 5.41) is 3.73. The van der Waals surface area contributed by atoms with Crippen LogP contribution < -0.4 is 5.32 Å². The highest BCUT2D eigenvalue weighted by Crippen LogP contribution is 2.26. The normalized spacial score (nSPS) is 34.3. The Balaban J connectivity index is 1.60. The molecule has 0 amide bonds. The molecular formula is C12H22N2S. The summed E-state index contributed by atoms with van der Waals surface area (Å²) in [6.45, 7) is 8.90. The molecule has 2 nitrogen and oxygen atoms in total. The zero-order valence-electron chi connectivity index (χ0n) is 9.45. The Morgan fingerprint density at radius 3 is 3.13 bits per heavy atom. The largest absolute Gasteiger partial charge is 0.313 e. The number of piperidine rings is 1. The number of hydrogen-bond donors (Lipinski definition) is 1. The van der Waals surface area contributed by atoms with Crippen LogP contribution in [0, 0.1) is 5.92 Å². The minimum Gasteiger partial charge on any atom is -0.313 e. The van der Waals surface area contributed by atoms with Crippen molar-refractivity contribution in [1.29, 1.82) is 0 Å². The van der Waals surface area contributed by atoms with Crippen LogP contribution in [-0.4, -0.2) is 48.6 Å². The number of fused-ring (bicyclic) bond motifs is 2. The van der Waals surface area contributed by atoms with Crippen molar-refractivity contribution in [2.75, 3.05) is 37.7 Å². The molecule has 2 aliphatic rings. The van der Waals surface area contributed by atoms with E-state index in [1.54, 1.807) is 0 Å². The summed E-state index contributed by atoms with van der Waals surface area (Å²) in [6, 6.07) is 0.799. The quantitative estimate of drug-likeness (QED) is 0.547. The second kappa shape index (κ2) is 5.92. The predicted molar refractivity (Wildman–Crippen MR) is 68.5 cm³/mol. The van der Waals surface area contributed by atoms with E-state index in [0.29, 0.717) is 0 Å². The Labute approximate surface area is 97.5 Å². The summed E-state index contributed by atoms with van der Waals surface area (Å²) in [5.74, 6) is 3.24. The third-order valence-corrected chi connectivity index (χ3v) is 4.49. The van der Waals surface area contributed by atoms with E-state index in [0.717, 1.165) is 17.7 Å². The minimum atomic E-state index is 0.799. The molecule has 0 spiro atoms. The van der Waals surface area contributed by atoms with Gasteiger partial charge in [0.05, 0.1) is 0 Å². The zero-order chi connectivity index (χ0) is 10.5. The fourth-order valence-corrected chi connectivity index (χ4v) is 3.30. The number of nitrogens with one attached hydrogen (secondary N) is 1. The maximum Gasteiger partial charge on any atom is 0.0120 e. The lowest BCUT2D eigenvalue weighted by Crippen LogP contribution is -2.44. The van der Waals surface area contributed by atoms with Crippen LogP contribution in [0.25, 0.3) is 0 Å². The van der Waals surface area contributed by atoms with Crippen molar-refractivity contribution in [1.82, 2.24) is 10.2 Å². The molecule has 2 saturated heterocycles. The third kappa shape index (κ3) is 3.23. The highest BCUT2D eigenvalue weighted by atomic mass is 32.2. The molecule has 15 heavy (non-hydrogen) atoms. The van der Waals surface area contributed by atoms with Crippen LogP contribution in [0.4, 0.5) is 0 Å². The summed E-state index contributed by atoms with van der Waals surface area (Å²) < 4.78 is 0. The average molecular weight is 226 g/mol. The van der Waals surface area contributed by atoms with Crippen molar-refractivity contribution >= 4 is 11.8 Å². The van der Waals surface area contributed by atoms with Crippen LogP contribution in [0.3, 0.4) is 0 Å². The lowest BCUT2D eigenvalue weighted by Gasteiger charge is -2.31. The number of thioether (sulfide) groups is 1. The van der Waals surface area contributed by atoms with Crippen LogP contribution in [0.5, 0.6) is 0 Å². The Hall–Kier alpha value is 0.01000. The molecule has 2 fully saturated rings. The maximum atomic E-state index is 3.73. The molecule has 3 atom stereocenters. The van der Waals surface area contributed by atoms with Crippen LogP contribution in [0.15, 0.2) is 12.7 Å². The van der Waals surface area contributed by atoms with E-state index in [1.807, 2.05) is 17.8 Å². The molecule has 0 radical (unpaired) electrons. The van der Waals surface area contributed by atoms with Crippen molar-refractivity contribution in [2.24, 2.45) is 5.92 Å². The predicted octanol–water partition coefficient (Wildman–Crippen LogP) is 1.59. The molecule has 0 aliphatic carbocycles. The van der Waals surface area contributed by atoms with Gasteiger partial charge in [-0.3, -0.25) is 0 Å². The molecule has 2 heterocycles. The number of nitrogens with zero attached hydrogens (tertiary/aromatic N) is 1. The van der Waals surface area contributed by atoms with Gasteiger partial charge in [-0.2, -0.15) is 11.8 Å². The fraction of sp³-hybridized carbons (Fsp3) is 0.833. The molecule has 0 saturated carbocycles. The third-order valence-electron chi connectivity index (χ3n) is 3.52. The molecule has 86 valence electrons. The van der Waals surface area contributed by atoms with Gasteiger partial charge in [0.2, 0.25) is 0 Å². The first-order chi connectivity index (χ1) is 7.40. The highest BCUT2D eigenvalue weighted by molar-refractivity contribution is 7.99. The van der Waals surface area contributed by atoms with Crippen LogP contribution in [0.1, 0.15) is 12.8 Å². The van der Waals surface area contributed by atoms with Crippen molar-refractivity contribution in [3.05, 3.63) is 12.7 Å². The SMILES string of the molecule is C=CCSCCNC1CCN2CCC1C2. The van der Waals surface area contributed by atoms with E-state index >= 15 is 0 Å². The molecule has 3 unspecified atom stereocenters. The van der Waals surface area contributed by atoms with Gasteiger partial charge in [-0.05, 0) is 31.8 Å². The van der Waals surface area contributed by atoms with Crippen molar-refractivity contribution < 1.29 is 0 Å². The van der Waals surface area contributed by atoms with Gasteiger partial charge in [0.25, 0.3) is 0 Å². The van der Waals surface area contributed by atoms with E-state index in [4.69, 9.17) is 0 Å². The van der Waals surface area contributed by atoms with Gasteiger partial charge in [-0.1, -0.05) is 6.08 Å². The average Bonchev–Trinajstić information content (AvgIpc) is 2.64. The Morgan fingerprint density at radius 1 is 1.40 bits per heavy atom. The van der Waals surface area contributed by atoms with Gasteiger partial charge in [0.1, 0.15) is 0 Å². The first-order valence-electron chi connectivity index (χ1n) is 6.04. The van der Waals surface area contributed by atoms with Gasteiger partial charge >= 0.3 is 0 Å². The lowest BCUT2D eigenvalue weighted by atomic mass is 9.94. The van der Waals surface area contributed by atoms with Gasteiger partial charge in [0.15, 0.2) is 0 Å². The summed E-state index contributed by atoms with van der Waals surface area (Å²) in [7, 11) is 0. The van der Waals surface area contributed by atoms with Gasteiger partial charge in [0, 0.05) is 30.6 Å². The molecular weight excluding hydrogens is 204 g/mol. The molecule has 2 rings (SSSR count). The molecule has 2 bridgehead atoms. The van der Waals surface area contributed by atoms with Crippen molar-refractivity contribution in [3.8, 4) is 0 Å². The molecule has 0 aromatic carbocycles. The number of hydrogen-bond acceptors (Lipinski definition) is 3. The smallest absolute Gasteiger partial charge is 0.0120 e. The monoisotopic (exact) mass is 226 g/mol. The Morgan fingerprint density at radius 2 is 2.27 bits per heavy atom. The van der Waals surface area contributed by atoms with Crippen LogP contribution >= 0.6 is 11.8 Å². The topological polar surface area (TPSA) is 15.3 Å². The fourth-order valence-electron chi connectivity index (χ4n) is 2.70. The van der Waals surface area contributed by atoms with Gasteiger partial charge in [-0.15, -0.1) is 6.58 Å². The summed E-state index contributed by atoms with van der Waals surface area (Å²) >= 11 is 1.97. The van der Waals surface area contributed by atoms with Crippen LogP contribution in [0.2, 0.25) is 0 Å². The molecule has 3 heteroatoms. The first-order valence-corrected chi connectivity index (χ1v) is 7.20. The van der Waals surface area contributed by atoms with E-state index in [9.17, 15) is 0 Å². The van der Waals surface area contributed by atoms with Crippen molar-refractivity contribution in [3.63, 3.8) is 0 Å². The van der Waals surface area contributed by atoms with E-state index in [-0.39, 0.29) is 0 Å². The van der Waals surface area contributed by atoms with E-state index < -0.39 is 0 Å². The summed E-state index contributed by atoms with van der Waals surface area (Å²) in [4.78, 5) is 2.61. The van der Waals surface area contributed by atoms with Gasteiger partial charge < -0.3 is 10.2 Å². The molecule has 0 aromatic rings. The number of rotatable bonds is 6. The molecule has 2 aliphatic heterocycles. The lowest BCUT2D eigenvalue weighted by molar-refractivity contribution is 0.223. The first kappa shape index (κ1) is 11.5. The second-order valence-electron chi connectivity index (χ2n) is 4.56. The zero-order valence-corrected chi connectivity index (χ0v) is 10.3. The van der Waals surface area contributed by atoms with E-state index in [1.165, 1.54) is 44.8 Å². The Bertz CT molecular complexity index is 208. The summed E-state index contributed by atoms with van der Waals surface area (Å²) in [5.41, 5.74) is 0. The molecule has 0 aromatic heterocycles. The van der Waals surface area contributed by atoms with E-state index in [2.05, 4.69) is 16.8 Å². The highest BCUT2D eigenvalue weighted by Gasteiger charge is 2.33.